The Morgan fingerprint density at radius 3 is 2.38 bits per heavy atom. The van der Waals surface area contributed by atoms with Gasteiger partial charge in [-0.15, -0.1) is 0 Å². The van der Waals surface area contributed by atoms with Crippen LogP contribution < -0.4 is 11.6 Å². The average Bonchev–Trinajstić information content (AvgIpc) is 3.13. The van der Waals surface area contributed by atoms with Crippen molar-refractivity contribution < 1.29 is 15.0 Å². The van der Waals surface area contributed by atoms with E-state index in [1.807, 2.05) is 55.5 Å². The van der Waals surface area contributed by atoms with Crippen molar-refractivity contribution in [2.75, 3.05) is 0 Å². The third-order valence-electron chi connectivity index (χ3n) is 5.25. The Bertz CT molecular complexity index is 1140. The number of nitrogens with two attached hydrogens (primary N) is 2. The number of hydrogen-bond donors (Lipinski definition) is 4. The van der Waals surface area contributed by atoms with Crippen molar-refractivity contribution in [3.63, 3.8) is 0 Å². The Balaban J connectivity index is 2.01. The van der Waals surface area contributed by atoms with Gasteiger partial charge in [-0.05, 0) is 37.0 Å². The number of aryl methyl sites for hydroxylation is 1. The number of aromatic carboxylic acids is 1. The Morgan fingerprint density at radius 2 is 1.81 bits per heavy atom. The molecule has 168 valence electrons. The van der Waals surface area contributed by atoms with Crippen molar-refractivity contribution in [1.82, 2.24) is 9.55 Å². The fraction of sp³-hybridized carbons (Fsp3) is 0.292. The first-order chi connectivity index (χ1) is 15.2. The Hall–Kier alpha value is -3.65. The van der Waals surface area contributed by atoms with Crippen LogP contribution in [0.25, 0.3) is 11.1 Å². The molecule has 1 heterocycles. The lowest BCUT2D eigenvalue weighted by Crippen LogP contribution is -2.22. The van der Waals surface area contributed by atoms with Gasteiger partial charge in [0.2, 0.25) is 0 Å². The number of benzene rings is 2. The van der Waals surface area contributed by atoms with Gasteiger partial charge in [0.15, 0.2) is 11.5 Å². The molecule has 0 aliphatic carbocycles. The second-order valence-electron chi connectivity index (χ2n) is 8.18. The highest BCUT2D eigenvalue weighted by atomic mass is 16.4. The molecule has 0 spiro atoms. The molecule has 1 aromatic heterocycles. The lowest BCUT2D eigenvalue weighted by atomic mass is 9.98. The fourth-order valence-corrected chi connectivity index (χ4v) is 3.73. The molecule has 0 saturated heterocycles. The molecule has 0 aliphatic rings. The van der Waals surface area contributed by atoms with Crippen molar-refractivity contribution in [2.45, 2.75) is 45.8 Å². The molecule has 8 heteroatoms. The maximum Gasteiger partial charge on any atom is 0.354 e. The normalized spacial score (nSPS) is 12.2. The first-order valence-electron chi connectivity index (χ1n) is 10.4. The van der Waals surface area contributed by atoms with Crippen molar-refractivity contribution in [3.05, 3.63) is 76.9 Å². The number of rotatable bonds is 8. The summed E-state index contributed by atoms with van der Waals surface area (Å²) in [5, 5.41) is 23.9. The summed E-state index contributed by atoms with van der Waals surface area (Å²) in [5.74, 6) is 5.14. The van der Waals surface area contributed by atoms with Crippen LogP contribution in [0.15, 0.2) is 53.6 Å². The van der Waals surface area contributed by atoms with Crippen LogP contribution in [-0.2, 0) is 18.6 Å². The van der Waals surface area contributed by atoms with E-state index in [9.17, 15) is 15.0 Å². The largest absolute Gasteiger partial charge is 0.477 e. The molecule has 0 amide bonds. The van der Waals surface area contributed by atoms with Crippen LogP contribution in [0.5, 0.6) is 0 Å². The molecule has 0 atom stereocenters. The number of aromatic nitrogens is 2. The molecule has 3 rings (SSSR count). The van der Waals surface area contributed by atoms with Gasteiger partial charge in [-0.3, -0.25) is 0 Å². The van der Waals surface area contributed by atoms with Crippen LogP contribution >= 0.6 is 0 Å². The van der Waals surface area contributed by atoms with Crippen molar-refractivity contribution in [2.24, 2.45) is 16.7 Å². The number of carboxylic acid groups (broad SMARTS) is 1. The number of amidine groups is 1. The van der Waals surface area contributed by atoms with E-state index in [0.717, 1.165) is 28.7 Å². The van der Waals surface area contributed by atoms with E-state index >= 15 is 0 Å². The van der Waals surface area contributed by atoms with Gasteiger partial charge in [0.1, 0.15) is 17.1 Å². The SMILES string of the molecule is CCCc1nc(C(C)(C)O)c(C(=O)O)n1Cc1ccc(-c2ccccc2/C(N)=N/N)cc1. The number of imidazole rings is 1. The van der Waals surface area contributed by atoms with Gasteiger partial charge < -0.3 is 26.4 Å². The Kier molecular flexibility index (Phi) is 6.64. The van der Waals surface area contributed by atoms with Crippen LogP contribution in [0.4, 0.5) is 0 Å². The molecule has 6 N–H and O–H groups in total. The topological polar surface area (TPSA) is 140 Å². The number of aliphatic hydroxyl groups is 1. The van der Waals surface area contributed by atoms with E-state index in [0.29, 0.717) is 18.8 Å². The van der Waals surface area contributed by atoms with Crippen molar-refractivity contribution in [1.29, 1.82) is 0 Å². The highest BCUT2D eigenvalue weighted by Gasteiger charge is 2.31. The molecule has 8 nitrogen and oxygen atoms in total. The number of hydrazone groups is 1. The standard InChI is InChI=1S/C24H29N5O3/c1-4-7-19-27-21(24(2,3)32)20(23(30)31)29(19)14-15-10-12-16(13-11-15)17-8-5-6-9-18(17)22(25)28-26/h5-6,8-13,32H,4,7,14,26H2,1-3H3,(H2,25,28)(H,30,31). The summed E-state index contributed by atoms with van der Waals surface area (Å²) >= 11 is 0. The summed E-state index contributed by atoms with van der Waals surface area (Å²) in [6.07, 6.45) is 1.42. The molecule has 0 bridgehead atoms. The van der Waals surface area contributed by atoms with E-state index in [4.69, 9.17) is 11.6 Å². The quantitative estimate of drug-likeness (QED) is 0.186. The van der Waals surface area contributed by atoms with Gasteiger partial charge in [0, 0.05) is 18.5 Å². The van der Waals surface area contributed by atoms with Gasteiger partial charge in [0.25, 0.3) is 0 Å². The van der Waals surface area contributed by atoms with E-state index in [1.165, 1.54) is 0 Å². The van der Waals surface area contributed by atoms with E-state index < -0.39 is 11.6 Å². The second kappa shape index (κ2) is 9.23. The number of carboxylic acids is 1. The third kappa shape index (κ3) is 4.65. The van der Waals surface area contributed by atoms with Crippen LogP contribution in [-0.4, -0.2) is 31.6 Å². The van der Waals surface area contributed by atoms with Gasteiger partial charge >= 0.3 is 5.97 Å². The van der Waals surface area contributed by atoms with Gasteiger partial charge in [0.05, 0.1) is 0 Å². The molecule has 0 aliphatic heterocycles. The van der Waals surface area contributed by atoms with E-state index in [1.54, 1.807) is 18.4 Å². The molecule has 0 saturated carbocycles. The van der Waals surface area contributed by atoms with Gasteiger partial charge in [-0.1, -0.05) is 55.5 Å². The summed E-state index contributed by atoms with van der Waals surface area (Å²) in [7, 11) is 0. The monoisotopic (exact) mass is 435 g/mol. The molecule has 3 aromatic rings. The van der Waals surface area contributed by atoms with Crippen LogP contribution in [0.1, 0.15) is 60.3 Å². The van der Waals surface area contributed by atoms with E-state index in [-0.39, 0.29) is 17.2 Å². The molecule has 0 fully saturated rings. The Morgan fingerprint density at radius 1 is 1.16 bits per heavy atom. The zero-order valence-corrected chi connectivity index (χ0v) is 18.5. The summed E-state index contributed by atoms with van der Waals surface area (Å²) in [6.45, 7) is 5.43. The van der Waals surface area contributed by atoms with Crippen molar-refractivity contribution in [3.8, 4) is 11.1 Å². The number of carbonyl (C=O) groups is 1. The maximum atomic E-state index is 12.1. The van der Waals surface area contributed by atoms with Crippen LogP contribution in [0, 0.1) is 0 Å². The molecule has 0 unspecified atom stereocenters. The van der Waals surface area contributed by atoms with Gasteiger partial charge in [-0.25, -0.2) is 9.78 Å². The Labute approximate surface area is 187 Å². The first-order valence-corrected chi connectivity index (χ1v) is 10.4. The predicted octanol–water partition coefficient (Wildman–Crippen LogP) is 3.06. The molecule has 2 aromatic carbocycles. The summed E-state index contributed by atoms with van der Waals surface area (Å²) in [6, 6.07) is 15.4. The summed E-state index contributed by atoms with van der Waals surface area (Å²) in [5.41, 5.74) is 8.25. The van der Waals surface area contributed by atoms with Crippen LogP contribution in [0.3, 0.4) is 0 Å². The minimum absolute atomic E-state index is 0.0160. The second-order valence-corrected chi connectivity index (χ2v) is 8.18. The van der Waals surface area contributed by atoms with E-state index in [2.05, 4.69) is 10.1 Å². The lowest BCUT2D eigenvalue weighted by molar-refractivity contribution is 0.0602. The third-order valence-corrected chi connectivity index (χ3v) is 5.25. The fourth-order valence-electron chi connectivity index (χ4n) is 3.73. The number of hydrogen-bond acceptors (Lipinski definition) is 5. The zero-order chi connectivity index (χ0) is 23.5. The molecule has 32 heavy (non-hydrogen) atoms. The minimum atomic E-state index is -1.36. The molecule has 0 radical (unpaired) electrons. The highest BCUT2D eigenvalue weighted by Crippen LogP contribution is 2.27. The summed E-state index contributed by atoms with van der Waals surface area (Å²) in [4.78, 5) is 16.5. The van der Waals surface area contributed by atoms with Crippen molar-refractivity contribution >= 4 is 11.8 Å². The smallest absolute Gasteiger partial charge is 0.354 e. The zero-order valence-electron chi connectivity index (χ0n) is 18.5. The maximum absolute atomic E-state index is 12.1. The number of nitrogens with zero attached hydrogens (tertiary/aromatic N) is 3. The van der Waals surface area contributed by atoms with Crippen LogP contribution in [0.2, 0.25) is 0 Å². The first kappa shape index (κ1) is 23.0. The molecular formula is C24H29N5O3. The average molecular weight is 436 g/mol. The minimum Gasteiger partial charge on any atom is -0.477 e. The molecular weight excluding hydrogens is 406 g/mol. The summed E-state index contributed by atoms with van der Waals surface area (Å²) < 4.78 is 1.68. The predicted molar refractivity (Wildman–Crippen MR) is 124 cm³/mol. The lowest BCUT2D eigenvalue weighted by Gasteiger charge is -2.16. The highest BCUT2D eigenvalue weighted by molar-refractivity contribution is 6.03. The van der Waals surface area contributed by atoms with Gasteiger partial charge in [-0.2, -0.15) is 5.10 Å².